The lowest BCUT2D eigenvalue weighted by Gasteiger charge is -2.19. The number of nitrogens with zero attached hydrogens (tertiary/aromatic N) is 1. The summed E-state index contributed by atoms with van der Waals surface area (Å²) >= 11 is 0. The third-order valence-corrected chi connectivity index (χ3v) is 4.18. The fraction of sp³-hybridized carbons (Fsp3) is 0.350. The van der Waals surface area contributed by atoms with Crippen LogP contribution >= 0.6 is 0 Å². The Bertz CT molecular complexity index is 787. The molecule has 3 rings (SSSR count). The van der Waals surface area contributed by atoms with Crippen LogP contribution in [0.15, 0.2) is 42.6 Å². The van der Waals surface area contributed by atoms with Gasteiger partial charge in [-0.05, 0) is 48.1 Å². The number of amides is 2. The maximum absolute atomic E-state index is 12.4. The SMILES string of the molecule is CC(C)(C)c1ccc(NC(=O)c2cc(C(=O)NC3CC3)ccn2)cc1. The van der Waals surface area contributed by atoms with Gasteiger partial charge in [-0.1, -0.05) is 32.9 Å². The number of carbonyl (C=O) groups is 2. The van der Waals surface area contributed by atoms with Crippen molar-refractivity contribution in [1.82, 2.24) is 10.3 Å². The normalized spacial score (nSPS) is 14.0. The summed E-state index contributed by atoms with van der Waals surface area (Å²) in [5.41, 5.74) is 2.64. The minimum atomic E-state index is -0.329. The Kier molecular flexibility index (Phi) is 4.57. The molecule has 2 amide bonds. The number of pyridine rings is 1. The highest BCUT2D eigenvalue weighted by molar-refractivity contribution is 6.04. The van der Waals surface area contributed by atoms with Crippen LogP contribution in [0.1, 0.15) is 60.0 Å². The maximum Gasteiger partial charge on any atom is 0.274 e. The number of hydrogen-bond donors (Lipinski definition) is 2. The molecule has 0 spiro atoms. The molecule has 0 aliphatic heterocycles. The first-order chi connectivity index (χ1) is 11.8. The summed E-state index contributed by atoms with van der Waals surface area (Å²) in [4.78, 5) is 28.6. The van der Waals surface area contributed by atoms with E-state index in [1.807, 2.05) is 24.3 Å². The number of hydrogen-bond acceptors (Lipinski definition) is 3. The minimum Gasteiger partial charge on any atom is -0.349 e. The van der Waals surface area contributed by atoms with Gasteiger partial charge in [0.2, 0.25) is 0 Å². The molecule has 0 atom stereocenters. The lowest BCUT2D eigenvalue weighted by Crippen LogP contribution is -2.26. The summed E-state index contributed by atoms with van der Waals surface area (Å²) < 4.78 is 0. The van der Waals surface area contributed by atoms with Crippen molar-refractivity contribution in [2.75, 3.05) is 5.32 Å². The molecule has 5 nitrogen and oxygen atoms in total. The van der Waals surface area contributed by atoms with E-state index in [4.69, 9.17) is 0 Å². The van der Waals surface area contributed by atoms with Crippen LogP contribution in [0.3, 0.4) is 0 Å². The van der Waals surface area contributed by atoms with Gasteiger partial charge in [0, 0.05) is 23.5 Å². The summed E-state index contributed by atoms with van der Waals surface area (Å²) in [6, 6.07) is 11.2. The van der Waals surface area contributed by atoms with Gasteiger partial charge in [0.1, 0.15) is 5.69 Å². The molecule has 1 aromatic heterocycles. The molecular formula is C20H23N3O2. The lowest BCUT2D eigenvalue weighted by atomic mass is 9.87. The summed E-state index contributed by atoms with van der Waals surface area (Å²) in [7, 11) is 0. The van der Waals surface area contributed by atoms with Gasteiger partial charge in [0.05, 0.1) is 0 Å². The van der Waals surface area contributed by atoms with Crippen LogP contribution in [0, 0.1) is 0 Å². The van der Waals surface area contributed by atoms with Crippen molar-refractivity contribution in [2.24, 2.45) is 0 Å². The van der Waals surface area contributed by atoms with Crippen molar-refractivity contribution in [3.05, 3.63) is 59.4 Å². The molecule has 2 aromatic rings. The van der Waals surface area contributed by atoms with Crippen molar-refractivity contribution < 1.29 is 9.59 Å². The van der Waals surface area contributed by atoms with Crippen LogP contribution in [0.5, 0.6) is 0 Å². The van der Waals surface area contributed by atoms with E-state index in [2.05, 4.69) is 36.4 Å². The average molecular weight is 337 g/mol. The van der Waals surface area contributed by atoms with E-state index in [0.29, 0.717) is 11.3 Å². The Morgan fingerprint density at radius 1 is 1.04 bits per heavy atom. The molecule has 25 heavy (non-hydrogen) atoms. The molecule has 1 aliphatic carbocycles. The zero-order valence-corrected chi connectivity index (χ0v) is 14.8. The van der Waals surface area contributed by atoms with E-state index < -0.39 is 0 Å². The highest BCUT2D eigenvalue weighted by Crippen LogP contribution is 2.23. The van der Waals surface area contributed by atoms with E-state index in [9.17, 15) is 9.59 Å². The van der Waals surface area contributed by atoms with Crippen molar-refractivity contribution in [1.29, 1.82) is 0 Å². The molecular weight excluding hydrogens is 314 g/mol. The third-order valence-electron chi connectivity index (χ3n) is 4.18. The highest BCUT2D eigenvalue weighted by atomic mass is 16.2. The van der Waals surface area contributed by atoms with Gasteiger partial charge in [-0.3, -0.25) is 14.6 Å². The molecule has 1 aliphatic rings. The van der Waals surface area contributed by atoms with Gasteiger partial charge in [0.25, 0.3) is 11.8 Å². The number of carbonyl (C=O) groups excluding carboxylic acids is 2. The molecule has 5 heteroatoms. The largest absolute Gasteiger partial charge is 0.349 e. The fourth-order valence-corrected chi connectivity index (χ4v) is 2.44. The monoisotopic (exact) mass is 337 g/mol. The van der Waals surface area contributed by atoms with E-state index in [1.54, 1.807) is 6.07 Å². The van der Waals surface area contributed by atoms with Crippen molar-refractivity contribution >= 4 is 17.5 Å². The van der Waals surface area contributed by atoms with Crippen LogP contribution < -0.4 is 10.6 Å². The highest BCUT2D eigenvalue weighted by Gasteiger charge is 2.24. The molecule has 0 unspecified atom stereocenters. The molecule has 2 N–H and O–H groups in total. The summed E-state index contributed by atoms with van der Waals surface area (Å²) in [5, 5.41) is 5.73. The predicted octanol–water partition coefficient (Wildman–Crippen LogP) is 3.52. The number of nitrogens with one attached hydrogen (secondary N) is 2. The number of rotatable bonds is 4. The van der Waals surface area contributed by atoms with Crippen molar-refractivity contribution in [3.8, 4) is 0 Å². The number of anilines is 1. The molecule has 1 fully saturated rings. The van der Waals surface area contributed by atoms with Crippen LogP contribution in [0.2, 0.25) is 0 Å². The molecule has 0 saturated heterocycles. The average Bonchev–Trinajstić information content (AvgIpc) is 3.38. The van der Waals surface area contributed by atoms with Crippen LogP contribution in [-0.4, -0.2) is 22.8 Å². The van der Waals surface area contributed by atoms with Gasteiger partial charge in [0.15, 0.2) is 0 Å². The first-order valence-corrected chi connectivity index (χ1v) is 8.52. The first kappa shape index (κ1) is 17.1. The van der Waals surface area contributed by atoms with Crippen molar-refractivity contribution in [3.63, 3.8) is 0 Å². The summed E-state index contributed by atoms with van der Waals surface area (Å²) in [6.07, 6.45) is 3.53. The summed E-state index contributed by atoms with van der Waals surface area (Å²) in [6.45, 7) is 6.42. The van der Waals surface area contributed by atoms with Gasteiger partial charge < -0.3 is 10.6 Å². The quantitative estimate of drug-likeness (QED) is 0.896. The van der Waals surface area contributed by atoms with Gasteiger partial charge >= 0.3 is 0 Å². The van der Waals surface area contributed by atoms with E-state index in [-0.39, 0.29) is 29.0 Å². The topological polar surface area (TPSA) is 71.1 Å². The molecule has 1 aromatic carbocycles. The van der Waals surface area contributed by atoms with Gasteiger partial charge in [-0.15, -0.1) is 0 Å². The Balaban J connectivity index is 1.69. The van der Waals surface area contributed by atoms with Crippen molar-refractivity contribution in [2.45, 2.75) is 45.1 Å². The van der Waals surface area contributed by atoms with Crippen LogP contribution in [0.25, 0.3) is 0 Å². The second-order valence-corrected chi connectivity index (χ2v) is 7.46. The minimum absolute atomic E-state index is 0.0628. The Hall–Kier alpha value is -2.69. The molecule has 1 heterocycles. The zero-order chi connectivity index (χ0) is 18.0. The Morgan fingerprint density at radius 2 is 1.72 bits per heavy atom. The fourth-order valence-electron chi connectivity index (χ4n) is 2.44. The number of aromatic nitrogens is 1. The summed E-state index contributed by atoms with van der Waals surface area (Å²) in [5.74, 6) is -0.488. The van der Waals surface area contributed by atoms with E-state index in [0.717, 1.165) is 12.8 Å². The standard InChI is InChI=1S/C20H23N3O2/c1-20(2,3)14-4-6-15(7-5-14)23-19(25)17-12-13(10-11-21-17)18(24)22-16-8-9-16/h4-7,10-12,16H,8-9H2,1-3H3,(H,22,24)(H,23,25). The molecule has 130 valence electrons. The zero-order valence-electron chi connectivity index (χ0n) is 14.8. The predicted molar refractivity (Wildman–Crippen MR) is 97.8 cm³/mol. The number of benzene rings is 1. The third kappa shape index (κ3) is 4.44. The second-order valence-electron chi connectivity index (χ2n) is 7.46. The van der Waals surface area contributed by atoms with Crippen LogP contribution in [-0.2, 0) is 5.41 Å². The van der Waals surface area contributed by atoms with E-state index in [1.165, 1.54) is 17.8 Å². The lowest BCUT2D eigenvalue weighted by molar-refractivity contribution is 0.0951. The van der Waals surface area contributed by atoms with E-state index >= 15 is 0 Å². The second kappa shape index (κ2) is 6.67. The Morgan fingerprint density at radius 3 is 2.32 bits per heavy atom. The smallest absolute Gasteiger partial charge is 0.274 e. The molecule has 0 bridgehead atoms. The maximum atomic E-state index is 12.4. The van der Waals surface area contributed by atoms with Gasteiger partial charge in [-0.25, -0.2) is 0 Å². The molecule has 1 saturated carbocycles. The Labute approximate surface area is 147 Å². The van der Waals surface area contributed by atoms with Crippen LogP contribution in [0.4, 0.5) is 5.69 Å². The van der Waals surface area contributed by atoms with Gasteiger partial charge in [-0.2, -0.15) is 0 Å². The first-order valence-electron chi connectivity index (χ1n) is 8.52. The molecule has 0 radical (unpaired) electrons.